The van der Waals surface area contributed by atoms with Crippen LogP contribution < -0.4 is 14.8 Å². The second-order valence-corrected chi connectivity index (χ2v) is 11.2. The number of carbonyl (C=O) groups excluding carboxylic acids is 1. The minimum atomic E-state index is -3.79. The number of rotatable bonds is 8. The molecule has 2 N–H and O–H groups in total. The van der Waals surface area contributed by atoms with Gasteiger partial charge in [-0.15, -0.1) is 0 Å². The minimum absolute atomic E-state index is 0.0931. The van der Waals surface area contributed by atoms with E-state index in [0.717, 1.165) is 6.26 Å². The number of hydrogen-bond donors (Lipinski definition) is 2. The maximum Gasteiger partial charge on any atom is 0.261 e. The van der Waals surface area contributed by atoms with Crippen molar-refractivity contribution in [2.45, 2.75) is 30.7 Å². The van der Waals surface area contributed by atoms with Crippen molar-refractivity contribution in [3.63, 3.8) is 0 Å². The second-order valence-electron chi connectivity index (χ2n) is 7.52. The number of anilines is 1. The van der Waals surface area contributed by atoms with Crippen LogP contribution in [0, 0.1) is 0 Å². The largest absolute Gasteiger partial charge is 0.494 e. The standard InChI is InChI=1S/C21H27N3O6S2/c1-3-30-19-10-12-20(13-11-19)32(28,29)23-17-8-6-16(7-9-17)21(25)22-18-5-4-14-24(15-18)31(2,26)27/h6-13,18,23H,3-5,14-15H2,1-2H3,(H,22,25). The lowest BCUT2D eigenvalue weighted by atomic mass is 10.1. The quantitative estimate of drug-likeness (QED) is 0.595. The van der Waals surface area contributed by atoms with Crippen LogP contribution in [-0.2, 0) is 20.0 Å². The van der Waals surface area contributed by atoms with Crippen molar-refractivity contribution < 1.29 is 26.4 Å². The number of sulfonamides is 2. The van der Waals surface area contributed by atoms with Gasteiger partial charge in [-0.05, 0) is 68.3 Å². The van der Waals surface area contributed by atoms with Crippen LogP contribution in [-0.4, -0.2) is 59.0 Å². The molecule has 11 heteroatoms. The molecule has 1 atom stereocenters. The third kappa shape index (κ3) is 6.21. The summed E-state index contributed by atoms with van der Waals surface area (Å²) < 4.78 is 57.8. The van der Waals surface area contributed by atoms with Crippen molar-refractivity contribution in [2.75, 3.05) is 30.7 Å². The summed E-state index contributed by atoms with van der Waals surface area (Å²) in [6, 6.07) is 11.9. The number of ether oxygens (including phenoxy) is 1. The van der Waals surface area contributed by atoms with E-state index in [0.29, 0.717) is 43.0 Å². The Morgan fingerprint density at radius 3 is 2.31 bits per heavy atom. The third-order valence-corrected chi connectivity index (χ3v) is 7.70. The molecule has 1 aliphatic rings. The SMILES string of the molecule is CCOc1ccc(S(=O)(=O)Nc2ccc(C(=O)NC3CCCN(S(C)(=O)=O)C3)cc2)cc1. The Kier molecular flexibility index (Phi) is 7.42. The molecule has 2 aromatic rings. The van der Waals surface area contributed by atoms with Crippen molar-refractivity contribution in [1.82, 2.24) is 9.62 Å². The molecule has 32 heavy (non-hydrogen) atoms. The number of benzene rings is 2. The average Bonchev–Trinajstić information content (AvgIpc) is 2.74. The fraction of sp³-hybridized carbons (Fsp3) is 0.381. The van der Waals surface area contributed by atoms with Crippen LogP contribution in [0.1, 0.15) is 30.1 Å². The van der Waals surface area contributed by atoms with E-state index >= 15 is 0 Å². The maximum absolute atomic E-state index is 12.6. The van der Waals surface area contributed by atoms with E-state index in [-0.39, 0.29) is 23.4 Å². The van der Waals surface area contributed by atoms with Gasteiger partial charge in [-0.1, -0.05) is 0 Å². The topological polar surface area (TPSA) is 122 Å². The molecule has 174 valence electrons. The summed E-state index contributed by atoms with van der Waals surface area (Å²) in [6.45, 7) is 3.02. The molecule has 0 bridgehead atoms. The third-order valence-electron chi connectivity index (χ3n) is 5.03. The predicted molar refractivity (Wildman–Crippen MR) is 122 cm³/mol. The Morgan fingerprint density at radius 1 is 1.06 bits per heavy atom. The Hall–Kier alpha value is -2.63. The van der Waals surface area contributed by atoms with Crippen LogP contribution >= 0.6 is 0 Å². The van der Waals surface area contributed by atoms with Gasteiger partial charge in [0, 0.05) is 30.4 Å². The number of amides is 1. The number of carbonyl (C=O) groups is 1. The molecule has 1 fully saturated rings. The van der Waals surface area contributed by atoms with Crippen molar-refractivity contribution in [2.24, 2.45) is 0 Å². The van der Waals surface area contributed by atoms with Gasteiger partial charge < -0.3 is 10.1 Å². The van der Waals surface area contributed by atoms with E-state index < -0.39 is 20.0 Å². The molecule has 9 nitrogen and oxygen atoms in total. The molecule has 1 unspecified atom stereocenters. The van der Waals surface area contributed by atoms with Crippen LogP contribution in [0.2, 0.25) is 0 Å². The van der Waals surface area contributed by atoms with Crippen molar-refractivity contribution in [1.29, 1.82) is 0 Å². The molecular weight excluding hydrogens is 454 g/mol. The molecule has 1 saturated heterocycles. The van der Waals surface area contributed by atoms with E-state index in [1.807, 2.05) is 6.92 Å². The smallest absolute Gasteiger partial charge is 0.261 e. The first kappa shape index (κ1) is 24.0. The zero-order valence-electron chi connectivity index (χ0n) is 17.9. The molecule has 0 spiro atoms. The highest BCUT2D eigenvalue weighted by Gasteiger charge is 2.27. The Bertz CT molecular complexity index is 1150. The average molecular weight is 482 g/mol. The zero-order valence-corrected chi connectivity index (χ0v) is 19.6. The molecule has 3 rings (SSSR count). The summed E-state index contributed by atoms with van der Waals surface area (Å²) in [5, 5.41) is 2.85. The first-order valence-corrected chi connectivity index (χ1v) is 13.5. The van der Waals surface area contributed by atoms with Crippen LogP contribution in [0.4, 0.5) is 5.69 Å². The van der Waals surface area contributed by atoms with Gasteiger partial charge in [-0.25, -0.2) is 21.1 Å². The number of nitrogens with zero attached hydrogens (tertiary/aromatic N) is 1. The van der Waals surface area contributed by atoms with Crippen LogP contribution in [0.15, 0.2) is 53.4 Å². The molecule has 0 aliphatic carbocycles. The molecule has 0 aromatic heterocycles. The van der Waals surface area contributed by atoms with E-state index in [1.54, 1.807) is 12.1 Å². The highest BCUT2D eigenvalue weighted by molar-refractivity contribution is 7.92. The lowest BCUT2D eigenvalue weighted by Gasteiger charge is -2.31. The maximum atomic E-state index is 12.6. The molecule has 1 heterocycles. The number of nitrogens with one attached hydrogen (secondary N) is 2. The van der Waals surface area contributed by atoms with Crippen molar-refractivity contribution in [3.05, 3.63) is 54.1 Å². The Morgan fingerprint density at radius 2 is 1.72 bits per heavy atom. The van der Waals surface area contributed by atoms with E-state index in [9.17, 15) is 21.6 Å². The predicted octanol–water partition coefficient (Wildman–Crippen LogP) is 2.04. The lowest BCUT2D eigenvalue weighted by molar-refractivity contribution is 0.0921. The lowest BCUT2D eigenvalue weighted by Crippen LogP contribution is -2.49. The van der Waals surface area contributed by atoms with Gasteiger partial charge in [-0.3, -0.25) is 9.52 Å². The molecule has 2 aromatic carbocycles. The van der Waals surface area contributed by atoms with Gasteiger partial charge in [-0.2, -0.15) is 0 Å². The number of hydrogen-bond acceptors (Lipinski definition) is 6. The molecule has 1 amide bonds. The van der Waals surface area contributed by atoms with Crippen LogP contribution in [0.5, 0.6) is 5.75 Å². The summed E-state index contributed by atoms with van der Waals surface area (Å²) in [6.07, 6.45) is 2.52. The van der Waals surface area contributed by atoms with Crippen LogP contribution in [0.3, 0.4) is 0 Å². The van der Waals surface area contributed by atoms with E-state index in [2.05, 4.69) is 10.0 Å². The highest BCUT2D eigenvalue weighted by Crippen LogP contribution is 2.20. The second kappa shape index (κ2) is 9.88. The van der Waals surface area contributed by atoms with E-state index in [1.165, 1.54) is 40.7 Å². The first-order chi connectivity index (χ1) is 15.1. The molecule has 0 saturated carbocycles. The van der Waals surface area contributed by atoms with Gasteiger partial charge in [0.25, 0.3) is 15.9 Å². The van der Waals surface area contributed by atoms with Gasteiger partial charge in [0.15, 0.2) is 0 Å². The molecule has 0 radical (unpaired) electrons. The summed E-state index contributed by atoms with van der Waals surface area (Å²) in [4.78, 5) is 12.6. The van der Waals surface area contributed by atoms with Crippen molar-refractivity contribution >= 4 is 31.6 Å². The van der Waals surface area contributed by atoms with Gasteiger partial charge in [0.1, 0.15) is 5.75 Å². The van der Waals surface area contributed by atoms with Gasteiger partial charge >= 0.3 is 0 Å². The zero-order chi connectivity index (χ0) is 23.4. The van der Waals surface area contributed by atoms with Gasteiger partial charge in [0.2, 0.25) is 10.0 Å². The monoisotopic (exact) mass is 481 g/mol. The van der Waals surface area contributed by atoms with Crippen molar-refractivity contribution in [3.8, 4) is 5.75 Å². The molecule has 1 aliphatic heterocycles. The van der Waals surface area contributed by atoms with E-state index in [4.69, 9.17) is 4.74 Å². The summed E-state index contributed by atoms with van der Waals surface area (Å²) in [7, 11) is -7.09. The fourth-order valence-corrected chi connectivity index (χ4v) is 5.39. The summed E-state index contributed by atoms with van der Waals surface area (Å²) >= 11 is 0. The summed E-state index contributed by atoms with van der Waals surface area (Å²) in [5.41, 5.74) is 0.668. The normalized spacial score (nSPS) is 17.5. The van der Waals surface area contributed by atoms with Crippen LogP contribution in [0.25, 0.3) is 0 Å². The minimum Gasteiger partial charge on any atom is -0.494 e. The number of piperidine rings is 1. The highest BCUT2D eigenvalue weighted by atomic mass is 32.2. The van der Waals surface area contributed by atoms with Gasteiger partial charge in [0.05, 0.1) is 17.8 Å². The fourth-order valence-electron chi connectivity index (χ4n) is 3.42. The Balaban J connectivity index is 1.62. The first-order valence-electron chi connectivity index (χ1n) is 10.2. The Labute approximate surface area is 188 Å². The molecular formula is C21H27N3O6S2. The summed E-state index contributed by atoms with van der Waals surface area (Å²) in [5.74, 6) is 0.241.